The predicted octanol–water partition coefficient (Wildman–Crippen LogP) is 2.85. The average Bonchev–Trinajstić information content (AvgIpc) is 3.07. The Morgan fingerprint density at radius 3 is 2.90 bits per heavy atom. The van der Waals surface area contributed by atoms with E-state index in [1.54, 1.807) is 0 Å². The minimum absolute atomic E-state index is 0.336. The van der Waals surface area contributed by atoms with Gasteiger partial charge in [0, 0.05) is 36.2 Å². The summed E-state index contributed by atoms with van der Waals surface area (Å²) in [5.74, 6) is 1.72. The number of ether oxygens (including phenoxy) is 2. The second-order valence-corrected chi connectivity index (χ2v) is 7.22. The van der Waals surface area contributed by atoms with Gasteiger partial charge in [0.25, 0.3) is 0 Å². The second kappa shape index (κ2) is 5.45. The van der Waals surface area contributed by atoms with Crippen LogP contribution in [0.1, 0.15) is 25.3 Å². The van der Waals surface area contributed by atoms with Crippen LogP contribution in [0.3, 0.4) is 0 Å². The summed E-state index contributed by atoms with van der Waals surface area (Å²) in [6.07, 6.45) is 2.71. The highest BCUT2D eigenvalue weighted by molar-refractivity contribution is 9.10. The molecule has 4 rings (SSSR count). The quantitative estimate of drug-likeness (QED) is 0.816. The third-order valence-electron chi connectivity index (χ3n) is 4.98. The van der Waals surface area contributed by atoms with E-state index >= 15 is 0 Å². The van der Waals surface area contributed by atoms with Crippen LogP contribution in [-0.2, 0) is 6.54 Å². The Bertz CT molecular complexity index is 551. The summed E-state index contributed by atoms with van der Waals surface area (Å²) in [5, 5.41) is 0. The third-order valence-corrected chi connectivity index (χ3v) is 5.72. The van der Waals surface area contributed by atoms with Gasteiger partial charge in [-0.25, -0.2) is 0 Å². The Balaban J connectivity index is 1.53. The molecule has 5 heteroatoms. The van der Waals surface area contributed by atoms with Gasteiger partial charge in [0.15, 0.2) is 11.5 Å². The van der Waals surface area contributed by atoms with E-state index in [1.807, 2.05) is 6.07 Å². The van der Waals surface area contributed by atoms with Crippen molar-refractivity contribution in [1.29, 1.82) is 0 Å². The number of benzene rings is 1. The van der Waals surface area contributed by atoms with Gasteiger partial charge < -0.3 is 9.47 Å². The van der Waals surface area contributed by atoms with Crippen LogP contribution in [0.5, 0.6) is 11.5 Å². The van der Waals surface area contributed by atoms with Crippen molar-refractivity contribution in [2.45, 2.75) is 38.4 Å². The first-order valence-corrected chi connectivity index (χ1v) is 8.56. The Kier molecular flexibility index (Phi) is 3.59. The van der Waals surface area contributed by atoms with Gasteiger partial charge in [-0.3, -0.25) is 9.80 Å². The molecule has 0 saturated carbocycles. The molecule has 0 aliphatic carbocycles. The van der Waals surface area contributed by atoms with Crippen LogP contribution in [0.25, 0.3) is 0 Å². The minimum atomic E-state index is 0.336. The summed E-state index contributed by atoms with van der Waals surface area (Å²) < 4.78 is 12.1. The lowest BCUT2D eigenvalue weighted by atomic mass is 10.1. The Morgan fingerprint density at radius 2 is 2.05 bits per heavy atom. The van der Waals surface area contributed by atoms with E-state index in [2.05, 4.69) is 38.7 Å². The van der Waals surface area contributed by atoms with Gasteiger partial charge in [-0.15, -0.1) is 0 Å². The normalized spacial score (nSPS) is 28.9. The summed E-state index contributed by atoms with van der Waals surface area (Å²) in [5.41, 5.74) is 1.29. The Hall–Kier alpha value is -0.780. The van der Waals surface area contributed by atoms with Crippen LogP contribution >= 0.6 is 15.9 Å². The van der Waals surface area contributed by atoms with E-state index in [9.17, 15) is 0 Å². The number of hydrogen-bond acceptors (Lipinski definition) is 4. The van der Waals surface area contributed by atoms with E-state index in [0.29, 0.717) is 12.8 Å². The number of fused-ring (bicyclic) bond motifs is 2. The summed E-state index contributed by atoms with van der Waals surface area (Å²) >= 11 is 3.68. The number of halogens is 1. The molecule has 2 saturated heterocycles. The molecule has 2 fully saturated rings. The van der Waals surface area contributed by atoms with E-state index in [-0.39, 0.29) is 0 Å². The largest absolute Gasteiger partial charge is 0.454 e. The van der Waals surface area contributed by atoms with Gasteiger partial charge in [0.1, 0.15) is 0 Å². The average molecular weight is 353 g/mol. The fraction of sp³-hybridized carbons (Fsp3) is 0.625. The van der Waals surface area contributed by atoms with Gasteiger partial charge in [0.2, 0.25) is 6.79 Å². The van der Waals surface area contributed by atoms with Crippen LogP contribution in [-0.4, -0.2) is 48.3 Å². The van der Waals surface area contributed by atoms with E-state index in [0.717, 1.165) is 28.6 Å². The molecule has 0 radical (unpaired) electrons. The molecular weight excluding hydrogens is 332 g/mol. The maximum atomic E-state index is 5.51. The van der Waals surface area contributed by atoms with Crippen LogP contribution in [0.15, 0.2) is 16.6 Å². The first-order chi connectivity index (χ1) is 10.2. The lowest BCUT2D eigenvalue weighted by molar-refractivity contribution is 0.0538. The van der Waals surface area contributed by atoms with Crippen LogP contribution < -0.4 is 9.47 Å². The molecule has 4 nitrogen and oxygen atoms in total. The SMILES string of the molecule is C[C@@H]1CN2CCC[C@H]2CN1Cc1cc2c(cc1Br)OCO2. The van der Waals surface area contributed by atoms with Crippen molar-refractivity contribution < 1.29 is 9.47 Å². The van der Waals surface area contributed by atoms with E-state index in [1.165, 1.54) is 38.0 Å². The van der Waals surface area contributed by atoms with Crippen molar-refractivity contribution in [3.8, 4) is 11.5 Å². The molecule has 21 heavy (non-hydrogen) atoms. The maximum absolute atomic E-state index is 5.51. The maximum Gasteiger partial charge on any atom is 0.231 e. The Morgan fingerprint density at radius 1 is 1.24 bits per heavy atom. The zero-order chi connectivity index (χ0) is 14.4. The van der Waals surface area contributed by atoms with Crippen molar-refractivity contribution in [3.63, 3.8) is 0 Å². The minimum Gasteiger partial charge on any atom is -0.454 e. The topological polar surface area (TPSA) is 24.9 Å². The number of piperazine rings is 1. The monoisotopic (exact) mass is 352 g/mol. The number of hydrogen-bond donors (Lipinski definition) is 0. The van der Waals surface area contributed by atoms with E-state index < -0.39 is 0 Å². The first kappa shape index (κ1) is 13.9. The molecule has 0 N–H and O–H groups in total. The summed E-state index contributed by atoms with van der Waals surface area (Å²) in [6, 6.07) is 5.53. The predicted molar refractivity (Wildman–Crippen MR) is 84.7 cm³/mol. The van der Waals surface area contributed by atoms with Crippen LogP contribution in [0, 0.1) is 0 Å². The fourth-order valence-electron chi connectivity index (χ4n) is 3.77. The van der Waals surface area contributed by atoms with Gasteiger partial charge >= 0.3 is 0 Å². The van der Waals surface area contributed by atoms with Gasteiger partial charge in [0.05, 0.1) is 0 Å². The van der Waals surface area contributed by atoms with Crippen LogP contribution in [0.4, 0.5) is 0 Å². The highest BCUT2D eigenvalue weighted by Gasteiger charge is 2.34. The molecule has 3 heterocycles. The van der Waals surface area contributed by atoms with Crippen LogP contribution in [0.2, 0.25) is 0 Å². The molecule has 0 bridgehead atoms. The Labute approximate surface area is 134 Å². The number of nitrogens with zero attached hydrogens (tertiary/aromatic N) is 2. The van der Waals surface area contributed by atoms with Crippen molar-refractivity contribution in [1.82, 2.24) is 9.80 Å². The smallest absolute Gasteiger partial charge is 0.231 e. The standard InChI is InChI=1S/C16H21BrN2O2/c1-11-7-18-4-2-3-13(18)9-19(11)8-12-5-15-16(6-14(12)17)21-10-20-15/h5-6,11,13H,2-4,7-10H2,1H3/t11-,13+/m1/s1. The molecule has 1 aromatic carbocycles. The third kappa shape index (κ3) is 2.56. The lowest BCUT2D eigenvalue weighted by Gasteiger charge is -2.42. The fourth-order valence-corrected chi connectivity index (χ4v) is 4.22. The molecule has 3 aliphatic rings. The molecule has 1 aromatic rings. The van der Waals surface area contributed by atoms with Gasteiger partial charge in [-0.2, -0.15) is 0 Å². The molecule has 0 unspecified atom stereocenters. The molecule has 0 amide bonds. The molecule has 0 aromatic heterocycles. The molecule has 0 spiro atoms. The zero-order valence-electron chi connectivity index (χ0n) is 12.3. The summed E-state index contributed by atoms with van der Waals surface area (Å²) in [6.45, 7) is 7.33. The molecule has 2 atom stereocenters. The van der Waals surface area contributed by atoms with Crippen molar-refractivity contribution in [2.75, 3.05) is 26.4 Å². The van der Waals surface area contributed by atoms with Gasteiger partial charge in [-0.05, 0) is 44.0 Å². The zero-order valence-corrected chi connectivity index (χ0v) is 13.9. The molecule has 114 valence electrons. The van der Waals surface area contributed by atoms with Crippen molar-refractivity contribution >= 4 is 15.9 Å². The first-order valence-electron chi connectivity index (χ1n) is 7.77. The highest BCUT2D eigenvalue weighted by Crippen LogP contribution is 2.38. The second-order valence-electron chi connectivity index (χ2n) is 6.37. The summed E-state index contributed by atoms with van der Waals surface area (Å²) in [4.78, 5) is 5.27. The summed E-state index contributed by atoms with van der Waals surface area (Å²) in [7, 11) is 0. The van der Waals surface area contributed by atoms with E-state index in [4.69, 9.17) is 9.47 Å². The van der Waals surface area contributed by atoms with Gasteiger partial charge in [-0.1, -0.05) is 15.9 Å². The molecule has 3 aliphatic heterocycles. The lowest BCUT2D eigenvalue weighted by Crippen LogP contribution is -2.54. The highest BCUT2D eigenvalue weighted by atomic mass is 79.9. The molecular formula is C16H21BrN2O2. The number of rotatable bonds is 2. The van der Waals surface area contributed by atoms with Crippen molar-refractivity contribution in [3.05, 3.63) is 22.2 Å². The van der Waals surface area contributed by atoms with Crippen molar-refractivity contribution in [2.24, 2.45) is 0 Å².